The summed E-state index contributed by atoms with van der Waals surface area (Å²) in [5.74, 6) is 0.879. The second kappa shape index (κ2) is 4.69. The van der Waals surface area contributed by atoms with Crippen molar-refractivity contribution in [3.63, 3.8) is 0 Å². The van der Waals surface area contributed by atoms with Crippen LogP contribution in [-0.2, 0) is 12.8 Å². The van der Waals surface area contributed by atoms with Gasteiger partial charge in [-0.3, -0.25) is 4.90 Å². The standard InChI is InChI=1S/C14H22N2S/c1-3-6-16-7-4-5-11-8-12-14(9-13(11)16)17-10(2)15-12/h11,13H,3-9H2,1-2H3/t11-,13-/m0/s1. The Bertz CT molecular complexity index is 397. The first-order chi connectivity index (χ1) is 8.28. The van der Waals surface area contributed by atoms with E-state index in [0.29, 0.717) is 0 Å². The topological polar surface area (TPSA) is 16.1 Å². The van der Waals surface area contributed by atoms with E-state index in [2.05, 4.69) is 18.7 Å². The molecule has 2 nitrogen and oxygen atoms in total. The molecule has 1 fully saturated rings. The van der Waals surface area contributed by atoms with Gasteiger partial charge < -0.3 is 0 Å². The molecule has 1 aliphatic carbocycles. The lowest BCUT2D eigenvalue weighted by atomic mass is 9.79. The molecule has 1 aromatic rings. The highest BCUT2D eigenvalue weighted by molar-refractivity contribution is 7.11. The lowest BCUT2D eigenvalue weighted by Crippen LogP contribution is -2.49. The summed E-state index contributed by atoms with van der Waals surface area (Å²) in [6.45, 7) is 7.06. The number of nitrogens with zero attached hydrogens (tertiary/aromatic N) is 2. The van der Waals surface area contributed by atoms with Crippen molar-refractivity contribution in [1.29, 1.82) is 0 Å². The van der Waals surface area contributed by atoms with Crippen LogP contribution >= 0.6 is 11.3 Å². The number of thiazole rings is 1. The highest BCUT2D eigenvalue weighted by Gasteiger charge is 2.36. The molecule has 94 valence electrons. The Balaban J connectivity index is 1.83. The number of aromatic nitrogens is 1. The van der Waals surface area contributed by atoms with Gasteiger partial charge in [0.1, 0.15) is 0 Å². The predicted molar refractivity (Wildman–Crippen MR) is 72.6 cm³/mol. The molecule has 0 N–H and O–H groups in total. The van der Waals surface area contributed by atoms with Crippen molar-refractivity contribution in [2.45, 2.75) is 52.0 Å². The van der Waals surface area contributed by atoms with Crippen LogP contribution in [0.5, 0.6) is 0 Å². The maximum Gasteiger partial charge on any atom is 0.0900 e. The van der Waals surface area contributed by atoms with E-state index < -0.39 is 0 Å². The SMILES string of the molecule is CCCN1CCC[C@H]2Cc3nc(C)sc3C[C@@H]21. The van der Waals surface area contributed by atoms with Gasteiger partial charge in [-0.2, -0.15) is 0 Å². The molecule has 2 aliphatic rings. The number of hydrogen-bond donors (Lipinski definition) is 0. The molecule has 2 heterocycles. The molecule has 0 aromatic carbocycles. The van der Waals surface area contributed by atoms with Crippen molar-refractivity contribution in [3.05, 3.63) is 15.6 Å². The van der Waals surface area contributed by atoms with Gasteiger partial charge in [-0.1, -0.05) is 6.92 Å². The summed E-state index contributed by atoms with van der Waals surface area (Å²) in [5.41, 5.74) is 1.42. The van der Waals surface area contributed by atoms with E-state index in [-0.39, 0.29) is 0 Å². The minimum absolute atomic E-state index is 0.816. The molecular weight excluding hydrogens is 228 g/mol. The van der Waals surface area contributed by atoms with Crippen LogP contribution < -0.4 is 0 Å². The van der Waals surface area contributed by atoms with Gasteiger partial charge in [-0.15, -0.1) is 11.3 Å². The number of rotatable bonds is 2. The normalized spacial score (nSPS) is 28.8. The van der Waals surface area contributed by atoms with Crippen LogP contribution in [-0.4, -0.2) is 29.0 Å². The van der Waals surface area contributed by atoms with Crippen LogP contribution in [0.4, 0.5) is 0 Å². The second-order valence-electron chi connectivity index (χ2n) is 5.52. The Morgan fingerprint density at radius 2 is 2.29 bits per heavy atom. The van der Waals surface area contributed by atoms with E-state index in [9.17, 15) is 0 Å². The largest absolute Gasteiger partial charge is 0.300 e. The fraction of sp³-hybridized carbons (Fsp3) is 0.786. The number of fused-ring (bicyclic) bond motifs is 2. The van der Waals surface area contributed by atoms with E-state index >= 15 is 0 Å². The van der Waals surface area contributed by atoms with Crippen molar-refractivity contribution >= 4 is 11.3 Å². The van der Waals surface area contributed by atoms with Crippen LogP contribution in [0.15, 0.2) is 0 Å². The van der Waals surface area contributed by atoms with Crippen LogP contribution in [0.2, 0.25) is 0 Å². The van der Waals surface area contributed by atoms with E-state index in [0.717, 1.165) is 12.0 Å². The number of likely N-dealkylation sites (tertiary alicyclic amines) is 1. The van der Waals surface area contributed by atoms with Crippen LogP contribution in [0.1, 0.15) is 41.8 Å². The van der Waals surface area contributed by atoms with Crippen LogP contribution in [0.3, 0.4) is 0 Å². The molecule has 2 atom stereocenters. The van der Waals surface area contributed by atoms with Gasteiger partial charge in [0.2, 0.25) is 0 Å². The lowest BCUT2D eigenvalue weighted by molar-refractivity contribution is 0.0857. The van der Waals surface area contributed by atoms with E-state index in [4.69, 9.17) is 4.98 Å². The number of hydrogen-bond acceptors (Lipinski definition) is 3. The fourth-order valence-electron chi connectivity index (χ4n) is 3.58. The third kappa shape index (κ3) is 2.15. The third-order valence-corrected chi connectivity index (χ3v) is 5.31. The molecule has 0 amide bonds. The van der Waals surface area contributed by atoms with E-state index in [1.54, 1.807) is 4.88 Å². The predicted octanol–water partition coefficient (Wildman–Crippen LogP) is 3.04. The van der Waals surface area contributed by atoms with E-state index in [1.807, 2.05) is 11.3 Å². The Morgan fingerprint density at radius 1 is 1.41 bits per heavy atom. The van der Waals surface area contributed by atoms with Crippen molar-refractivity contribution in [2.75, 3.05) is 13.1 Å². The minimum Gasteiger partial charge on any atom is -0.300 e. The highest BCUT2D eigenvalue weighted by Crippen LogP contribution is 2.36. The summed E-state index contributed by atoms with van der Waals surface area (Å²) in [6, 6.07) is 0.816. The Labute approximate surface area is 108 Å². The summed E-state index contributed by atoms with van der Waals surface area (Å²) in [4.78, 5) is 9.03. The number of aryl methyl sites for hydroxylation is 1. The third-order valence-electron chi connectivity index (χ3n) is 4.28. The summed E-state index contributed by atoms with van der Waals surface area (Å²) in [7, 11) is 0. The van der Waals surface area contributed by atoms with Gasteiger partial charge in [0.15, 0.2) is 0 Å². The summed E-state index contributed by atoms with van der Waals surface area (Å²) in [5, 5.41) is 1.26. The number of piperidine rings is 1. The molecule has 0 unspecified atom stereocenters. The van der Waals surface area contributed by atoms with Gasteiger partial charge in [-0.05, 0) is 58.0 Å². The molecular formula is C14H22N2S. The molecule has 1 aromatic heterocycles. The molecule has 0 bridgehead atoms. The average molecular weight is 250 g/mol. The molecule has 3 heteroatoms. The maximum atomic E-state index is 4.71. The molecule has 1 aliphatic heterocycles. The van der Waals surface area contributed by atoms with Crippen molar-refractivity contribution < 1.29 is 0 Å². The van der Waals surface area contributed by atoms with Gasteiger partial charge in [0, 0.05) is 10.9 Å². The molecule has 0 radical (unpaired) electrons. The van der Waals surface area contributed by atoms with Gasteiger partial charge in [0.05, 0.1) is 10.7 Å². The quantitative estimate of drug-likeness (QED) is 0.802. The lowest BCUT2D eigenvalue weighted by Gasteiger charge is -2.43. The second-order valence-corrected chi connectivity index (χ2v) is 6.80. The smallest absolute Gasteiger partial charge is 0.0900 e. The van der Waals surface area contributed by atoms with Crippen LogP contribution in [0.25, 0.3) is 0 Å². The summed E-state index contributed by atoms with van der Waals surface area (Å²) in [6.07, 6.45) is 6.61. The van der Waals surface area contributed by atoms with Crippen LogP contribution in [0, 0.1) is 12.8 Å². The first kappa shape index (κ1) is 11.7. The highest BCUT2D eigenvalue weighted by atomic mass is 32.1. The molecule has 17 heavy (non-hydrogen) atoms. The first-order valence-electron chi connectivity index (χ1n) is 6.97. The molecule has 1 saturated heterocycles. The zero-order valence-electron chi connectivity index (χ0n) is 10.9. The molecule has 0 saturated carbocycles. The average Bonchev–Trinajstić information content (AvgIpc) is 2.66. The van der Waals surface area contributed by atoms with Crippen molar-refractivity contribution in [1.82, 2.24) is 9.88 Å². The fourth-order valence-corrected chi connectivity index (χ4v) is 4.59. The van der Waals surface area contributed by atoms with Gasteiger partial charge in [0.25, 0.3) is 0 Å². The Hall–Kier alpha value is -0.410. The summed E-state index contributed by atoms with van der Waals surface area (Å²) >= 11 is 1.93. The zero-order valence-corrected chi connectivity index (χ0v) is 11.7. The monoisotopic (exact) mass is 250 g/mol. The van der Waals surface area contributed by atoms with Gasteiger partial charge in [-0.25, -0.2) is 4.98 Å². The minimum atomic E-state index is 0.816. The first-order valence-corrected chi connectivity index (χ1v) is 7.78. The molecule has 0 spiro atoms. The summed E-state index contributed by atoms with van der Waals surface area (Å²) < 4.78 is 0. The van der Waals surface area contributed by atoms with Gasteiger partial charge >= 0.3 is 0 Å². The van der Waals surface area contributed by atoms with E-state index in [1.165, 1.54) is 55.9 Å². The van der Waals surface area contributed by atoms with Crippen molar-refractivity contribution in [2.24, 2.45) is 5.92 Å². The Kier molecular flexibility index (Phi) is 3.22. The zero-order chi connectivity index (χ0) is 11.8. The molecule has 3 rings (SSSR count). The van der Waals surface area contributed by atoms with Crippen molar-refractivity contribution in [3.8, 4) is 0 Å². The Morgan fingerprint density at radius 3 is 3.12 bits per heavy atom. The maximum absolute atomic E-state index is 4.71.